The van der Waals surface area contributed by atoms with E-state index in [-0.39, 0.29) is 6.10 Å². The summed E-state index contributed by atoms with van der Waals surface area (Å²) in [6.45, 7) is 8.98. The number of hydrogen-bond donors (Lipinski definition) is 1. The van der Waals surface area contributed by atoms with E-state index in [1.807, 2.05) is 6.92 Å². The number of nitrogens with zero attached hydrogens (tertiary/aromatic N) is 2. The van der Waals surface area contributed by atoms with Gasteiger partial charge in [0.25, 0.3) is 0 Å². The fraction of sp³-hybridized carbons (Fsp3) is 1.00. The summed E-state index contributed by atoms with van der Waals surface area (Å²) in [5.41, 5.74) is 0. The number of likely N-dealkylation sites (N-methyl/N-ethyl adjacent to an activating group) is 2. The van der Waals surface area contributed by atoms with Gasteiger partial charge in [-0.3, -0.25) is 4.90 Å². The van der Waals surface area contributed by atoms with Crippen molar-refractivity contribution in [2.75, 3.05) is 33.7 Å². The molecular formula is C10H24N2O. The molecule has 0 amide bonds. The summed E-state index contributed by atoms with van der Waals surface area (Å²) in [5.74, 6) is 0. The van der Waals surface area contributed by atoms with Gasteiger partial charge >= 0.3 is 0 Å². The quantitative estimate of drug-likeness (QED) is 0.662. The molecule has 13 heavy (non-hydrogen) atoms. The number of aliphatic hydroxyl groups excluding tert-OH is 1. The van der Waals surface area contributed by atoms with Crippen molar-refractivity contribution < 1.29 is 5.11 Å². The van der Waals surface area contributed by atoms with Crippen LogP contribution in [-0.4, -0.2) is 60.8 Å². The van der Waals surface area contributed by atoms with Crippen LogP contribution >= 0.6 is 0 Å². The van der Waals surface area contributed by atoms with Crippen molar-refractivity contribution in [3.8, 4) is 0 Å². The zero-order valence-electron chi connectivity index (χ0n) is 9.62. The molecule has 0 aromatic rings. The van der Waals surface area contributed by atoms with Gasteiger partial charge in [-0.2, -0.15) is 0 Å². The highest BCUT2D eigenvalue weighted by Gasteiger charge is 2.14. The summed E-state index contributed by atoms with van der Waals surface area (Å²) in [5, 5.41) is 9.28. The van der Waals surface area contributed by atoms with E-state index in [0.29, 0.717) is 6.04 Å². The van der Waals surface area contributed by atoms with Gasteiger partial charge in [0.05, 0.1) is 6.10 Å². The summed E-state index contributed by atoms with van der Waals surface area (Å²) >= 11 is 0. The van der Waals surface area contributed by atoms with Crippen molar-refractivity contribution in [1.29, 1.82) is 0 Å². The highest BCUT2D eigenvalue weighted by Crippen LogP contribution is 2.01. The molecule has 0 aliphatic rings. The van der Waals surface area contributed by atoms with Gasteiger partial charge in [-0.15, -0.1) is 0 Å². The molecule has 1 unspecified atom stereocenters. The fourth-order valence-electron chi connectivity index (χ4n) is 1.60. The lowest BCUT2D eigenvalue weighted by molar-refractivity contribution is 0.0966. The van der Waals surface area contributed by atoms with Crippen LogP contribution in [0.4, 0.5) is 0 Å². The molecule has 0 radical (unpaired) electrons. The van der Waals surface area contributed by atoms with E-state index in [9.17, 15) is 5.11 Å². The third-order valence-electron chi connectivity index (χ3n) is 2.16. The Balaban J connectivity index is 3.91. The predicted octanol–water partition coefficient (Wildman–Crippen LogP) is 0.639. The summed E-state index contributed by atoms with van der Waals surface area (Å²) in [7, 11) is 4.15. The third-order valence-corrected chi connectivity index (χ3v) is 2.16. The molecule has 0 aliphatic carbocycles. The topological polar surface area (TPSA) is 26.7 Å². The molecule has 2 atom stereocenters. The summed E-state index contributed by atoms with van der Waals surface area (Å²) in [6.07, 6.45) is -0.232. The summed E-state index contributed by atoms with van der Waals surface area (Å²) in [6, 6.07) is 0.509. The fourth-order valence-corrected chi connectivity index (χ4v) is 1.60. The lowest BCUT2D eigenvalue weighted by atomic mass is 10.2. The van der Waals surface area contributed by atoms with Crippen molar-refractivity contribution in [2.24, 2.45) is 0 Å². The van der Waals surface area contributed by atoms with Crippen LogP contribution in [0, 0.1) is 0 Å². The van der Waals surface area contributed by atoms with Crippen LogP contribution in [0.2, 0.25) is 0 Å². The smallest absolute Gasteiger partial charge is 0.0639 e. The predicted molar refractivity (Wildman–Crippen MR) is 56.9 cm³/mol. The van der Waals surface area contributed by atoms with Crippen molar-refractivity contribution in [3.05, 3.63) is 0 Å². The molecule has 0 bridgehead atoms. The first-order chi connectivity index (χ1) is 5.97. The SMILES string of the molecule is CCN(C[C@@H](C)O)C(C)CN(C)C. The largest absolute Gasteiger partial charge is 0.392 e. The van der Waals surface area contributed by atoms with Crippen LogP contribution < -0.4 is 0 Å². The molecule has 0 aromatic heterocycles. The summed E-state index contributed by atoms with van der Waals surface area (Å²) in [4.78, 5) is 4.47. The zero-order valence-corrected chi connectivity index (χ0v) is 9.62. The highest BCUT2D eigenvalue weighted by atomic mass is 16.3. The molecule has 0 aromatic carbocycles. The van der Waals surface area contributed by atoms with Crippen molar-refractivity contribution >= 4 is 0 Å². The van der Waals surface area contributed by atoms with Crippen LogP contribution in [0.5, 0.6) is 0 Å². The van der Waals surface area contributed by atoms with Crippen LogP contribution in [0.3, 0.4) is 0 Å². The monoisotopic (exact) mass is 188 g/mol. The first-order valence-electron chi connectivity index (χ1n) is 5.04. The maximum absolute atomic E-state index is 9.28. The van der Waals surface area contributed by atoms with E-state index in [4.69, 9.17) is 0 Å². The first kappa shape index (κ1) is 12.9. The van der Waals surface area contributed by atoms with Gasteiger partial charge in [0, 0.05) is 19.1 Å². The average Bonchev–Trinajstić information content (AvgIpc) is 1.98. The Hall–Kier alpha value is -0.120. The molecule has 80 valence electrons. The van der Waals surface area contributed by atoms with Crippen molar-refractivity contribution in [2.45, 2.75) is 32.9 Å². The number of aliphatic hydroxyl groups is 1. The molecule has 0 spiro atoms. The molecule has 3 nitrogen and oxygen atoms in total. The van der Waals surface area contributed by atoms with E-state index in [1.165, 1.54) is 0 Å². The maximum atomic E-state index is 9.28. The Morgan fingerprint density at radius 2 is 1.69 bits per heavy atom. The Morgan fingerprint density at radius 1 is 1.15 bits per heavy atom. The summed E-state index contributed by atoms with van der Waals surface area (Å²) < 4.78 is 0. The first-order valence-corrected chi connectivity index (χ1v) is 5.04. The minimum Gasteiger partial charge on any atom is -0.392 e. The van der Waals surface area contributed by atoms with Gasteiger partial charge in [-0.25, -0.2) is 0 Å². The van der Waals surface area contributed by atoms with E-state index >= 15 is 0 Å². The molecule has 1 N–H and O–H groups in total. The van der Waals surface area contributed by atoms with Crippen LogP contribution in [0.1, 0.15) is 20.8 Å². The number of hydrogen-bond acceptors (Lipinski definition) is 3. The van der Waals surface area contributed by atoms with Crippen LogP contribution in [-0.2, 0) is 0 Å². The molecule has 0 heterocycles. The molecule has 0 fully saturated rings. The second-order valence-corrected chi connectivity index (χ2v) is 4.05. The van der Waals surface area contributed by atoms with Gasteiger partial charge in [0.2, 0.25) is 0 Å². The molecule has 0 saturated heterocycles. The van der Waals surface area contributed by atoms with Gasteiger partial charge in [0.15, 0.2) is 0 Å². The van der Waals surface area contributed by atoms with E-state index < -0.39 is 0 Å². The van der Waals surface area contributed by atoms with Gasteiger partial charge in [-0.05, 0) is 34.5 Å². The molecule has 0 aliphatic heterocycles. The molecule has 0 rings (SSSR count). The number of rotatable bonds is 6. The van der Waals surface area contributed by atoms with E-state index in [1.54, 1.807) is 0 Å². The van der Waals surface area contributed by atoms with E-state index in [0.717, 1.165) is 19.6 Å². The standard InChI is InChI=1S/C10H24N2O/c1-6-12(8-10(3)13)9(2)7-11(4)5/h9-10,13H,6-8H2,1-5H3/t9?,10-/m1/s1. The maximum Gasteiger partial charge on any atom is 0.0639 e. The van der Waals surface area contributed by atoms with Crippen LogP contribution in [0.25, 0.3) is 0 Å². The minimum absolute atomic E-state index is 0.232. The second-order valence-electron chi connectivity index (χ2n) is 4.05. The average molecular weight is 188 g/mol. The van der Waals surface area contributed by atoms with Gasteiger partial charge in [0.1, 0.15) is 0 Å². The Morgan fingerprint density at radius 3 is 2.00 bits per heavy atom. The normalized spacial score (nSPS) is 16.6. The van der Waals surface area contributed by atoms with E-state index in [2.05, 4.69) is 37.7 Å². The van der Waals surface area contributed by atoms with Gasteiger partial charge in [-0.1, -0.05) is 6.92 Å². The molecule has 0 saturated carbocycles. The van der Waals surface area contributed by atoms with Crippen molar-refractivity contribution in [1.82, 2.24) is 9.80 Å². The lowest BCUT2D eigenvalue weighted by Crippen LogP contribution is -2.43. The lowest BCUT2D eigenvalue weighted by Gasteiger charge is -2.30. The molecule has 3 heteroatoms. The third kappa shape index (κ3) is 6.02. The molecular weight excluding hydrogens is 164 g/mol. The Kier molecular flexibility index (Phi) is 6.29. The van der Waals surface area contributed by atoms with Crippen LogP contribution in [0.15, 0.2) is 0 Å². The van der Waals surface area contributed by atoms with Gasteiger partial charge < -0.3 is 10.0 Å². The van der Waals surface area contributed by atoms with Crippen molar-refractivity contribution in [3.63, 3.8) is 0 Å². The minimum atomic E-state index is -0.232. The second kappa shape index (κ2) is 6.35. The Labute approximate surface area is 82.3 Å². The zero-order chi connectivity index (χ0) is 10.4. The Bertz CT molecular complexity index is 126. The highest BCUT2D eigenvalue weighted by molar-refractivity contribution is 4.70.